The second kappa shape index (κ2) is 9.58. The molecule has 0 amide bonds. The Morgan fingerprint density at radius 1 is 1.37 bits per heavy atom. The molecular weight excluding hydrogens is 264 g/mol. The lowest BCUT2D eigenvalue weighted by atomic mass is 10.2. The average Bonchev–Trinajstić information content (AvgIpc) is 2.43. The van der Waals surface area contributed by atoms with Gasteiger partial charge in [-0.25, -0.2) is 4.98 Å². The molecule has 2 N–H and O–H groups in total. The van der Waals surface area contributed by atoms with Crippen molar-refractivity contribution in [2.24, 2.45) is 4.99 Å². The first-order chi connectivity index (χ1) is 9.26. The van der Waals surface area contributed by atoms with Crippen molar-refractivity contribution in [3.05, 3.63) is 29.0 Å². The Morgan fingerprint density at radius 3 is 2.79 bits per heavy atom. The Labute approximate surface area is 119 Å². The molecule has 19 heavy (non-hydrogen) atoms. The molecule has 0 saturated carbocycles. The number of guanidine groups is 1. The Hall–Kier alpha value is -1.33. The van der Waals surface area contributed by atoms with Crippen molar-refractivity contribution in [2.75, 3.05) is 33.9 Å². The number of nitrogens with zero attached hydrogens (tertiary/aromatic N) is 2. The highest BCUT2D eigenvalue weighted by Crippen LogP contribution is 2.05. The largest absolute Gasteiger partial charge is 0.385 e. The number of aromatic nitrogens is 1. The van der Waals surface area contributed by atoms with Gasteiger partial charge in [-0.15, -0.1) is 0 Å². The molecular formula is C13H21ClN4O. The average molecular weight is 285 g/mol. The summed E-state index contributed by atoms with van der Waals surface area (Å²) in [5.41, 5.74) is 1.15. The maximum Gasteiger partial charge on any atom is 0.190 e. The van der Waals surface area contributed by atoms with E-state index < -0.39 is 0 Å². The molecule has 1 aromatic heterocycles. The number of methoxy groups -OCH3 is 1. The van der Waals surface area contributed by atoms with E-state index in [0.29, 0.717) is 5.15 Å². The van der Waals surface area contributed by atoms with Gasteiger partial charge >= 0.3 is 0 Å². The fourth-order valence-electron chi connectivity index (χ4n) is 1.52. The molecule has 0 aromatic carbocycles. The Balaban J connectivity index is 2.20. The molecule has 0 aliphatic heterocycles. The van der Waals surface area contributed by atoms with Crippen LogP contribution in [0.25, 0.3) is 0 Å². The molecule has 1 rings (SSSR count). The number of rotatable bonds is 7. The third-order valence-corrected chi connectivity index (χ3v) is 2.76. The van der Waals surface area contributed by atoms with Crippen LogP contribution in [0.3, 0.4) is 0 Å². The lowest BCUT2D eigenvalue weighted by Crippen LogP contribution is -2.39. The zero-order valence-electron chi connectivity index (χ0n) is 11.4. The number of hydrogen-bond donors (Lipinski definition) is 2. The van der Waals surface area contributed by atoms with Crippen molar-refractivity contribution in [3.63, 3.8) is 0 Å². The summed E-state index contributed by atoms with van der Waals surface area (Å²) in [5, 5.41) is 6.99. The highest BCUT2D eigenvalue weighted by Gasteiger charge is 1.98. The van der Waals surface area contributed by atoms with Gasteiger partial charge < -0.3 is 15.4 Å². The Morgan fingerprint density at radius 2 is 2.16 bits per heavy atom. The van der Waals surface area contributed by atoms with Gasteiger partial charge in [0.2, 0.25) is 0 Å². The van der Waals surface area contributed by atoms with Gasteiger partial charge in [0.25, 0.3) is 0 Å². The van der Waals surface area contributed by atoms with Gasteiger partial charge in [-0.1, -0.05) is 17.7 Å². The number of pyridine rings is 1. The van der Waals surface area contributed by atoms with E-state index in [4.69, 9.17) is 16.3 Å². The van der Waals surface area contributed by atoms with Crippen LogP contribution in [-0.2, 0) is 11.2 Å². The number of nitrogens with one attached hydrogen (secondary N) is 2. The molecule has 0 aliphatic carbocycles. The van der Waals surface area contributed by atoms with Crippen molar-refractivity contribution < 1.29 is 4.74 Å². The summed E-state index contributed by atoms with van der Waals surface area (Å²) in [6, 6.07) is 3.78. The van der Waals surface area contributed by atoms with Gasteiger partial charge in [-0.3, -0.25) is 4.99 Å². The first-order valence-electron chi connectivity index (χ1n) is 6.30. The Kier molecular flexibility index (Phi) is 7.93. The number of aliphatic imine (C=N–C) groups is 1. The lowest BCUT2D eigenvalue weighted by Gasteiger charge is -2.11. The predicted octanol–water partition coefficient (Wildman–Crippen LogP) is 1.48. The molecule has 0 fully saturated rings. The second-order valence-corrected chi connectivity index (χ2v) is 4.40. The van der Waals surface area contributed by atoms with E-state index in [2.05, 4.69) is 20.6 Å². The minimum Gasteiger partial charge on any atom is -0.385 e. The minimum atomic E-state index is 0.521. The van der Waals surface area contributed by atoms with Gasteiger partial charge in [-0.2, -0.15) is 0 Å². The monoisotopic (exact) mass is 284 g/mol. The van der Waals surface area contributed by atoms with Gasteiger partial charge in [-0.05, 0) is 24.5 Å². The maximum absolute atomic E-state index is 5.74. The number of halogens is 1. The van der Waals surface area contributed by atoms with Crippen LogP contribution in [0, 0.1) is 0 Å². The molecule has 1 heterocycles. The van der Waals surface area contributed by atoms with Crippen molar-refractivity contribution in [1.29, 1.82) is 0 Å². The highest BCUT2D eigenvalue weighted by molar-refractivity contribution is 6.29. The maximum atomic E-state index is 5.74. The highest BCUT2D eigenvalue weighted by atomic mass is 35.5. The van der Waals surface area contributed by atoms with Crippen LogP contribution < -0.4 is 10.6 Å². The van der Waals surface area contributed by atoms with E-state index in [9.17, 15) is 0 Å². The molecule has 0 bridgehead atoms. The number of hydrogen-bond acceptors (Lipinski definition) is 3. The van der Waals surface area contributed by atoms with Crippen molar-refractivity contribution >= 4 is 17.6 Å². The van der Waals surface area contributed by atoms with Crippen LogP contribution in [0.2, 0.25) is 5.15 Å². The van der Waals surface area contributed by atoms with E-state index in [-0.39, 0.29) is 0 Å². The molecule has 5 nitrogen and oxygen atoms in total. The van der Waals surface area contributed by atoms with Gasteiger partial charge in [0.05, 0.1) is 0 Å². The Bertz CT molecular complexity index is 381. The normalized spacial score (nSPS) is 11.4. The molecule has 0 atom stereocenters. The summed E-state index contributed by atoms with van der Waals surface area (Å²) < 4.78 is 4.99. The van der Waals surface area contributed by atoms with Crippen molar-refractivity contribution in [1.82, 2.24) is 15.6 Å². The summed E-state index contributed by atoms with van der Waals surface area (Å²) in [7, 11) is 3.46. The van der Waals surface area contributed by atoms with E-state index in [1.807, 2.05) is 6.07 Å². The van der Waals surface area contributed by atoms with Gasteiger partial charge in [0.15, 0.2) is 5.96 Å². The second-order valence-electron chi connectivity index (χ2n) is 4.01. The van der Waals surface area contributed by atoms with E-state index >= 15 is 0 Å². The third-order valence-electron chi connectivity index (χ3n) is 2.54. The molecule has 1 aromatic rings. The van der Waals surface area contributed by atoms with Crippen LogP contribution in [0.4, 0.5) is 0 Å². The topological polar surface area (TPSA) is 58.5 Å². The molecule has 106 valence electrons. The van der Waals surface area contributed by atoms with Crippen molar-refractivity contribution in [3.8, 4) is 0 Å². The summed E-state index contributed by atoms with van der Waals surface area (Å²) in [6.07, 6.45) is 3.63. The molecule has 0 aliphatic rings. The lowest BCUT2D eigenvalue weighted by molar-refractivity contribution is 0.195. The van der Waals surface area contributed by atoms with Crippen molar-refractivity contribution in [2.45, 2.75) is 12.8 Å². The van der Waals surface area contributed by atoms with Gasteiger partial charge in [0, 0.05) is 40.1 Å². The SMILES string of the molecule is CN=C(NCCCOC)NCCc1ccc(Cl)nc1. The summed E-state index contributed by atoms with van der Waals surface area (Å²) >= 11 is 5.74. The molecule has 0 unspecified atom stereocenters. The standard InChI is InChI=1S/C13H21ClN4O/c1-15-13(16-7-3-9-19-2)17-8-6-11-4-5-12(14)18-10-11/h4-5,10H,3,6-9H2,1-2H3,(H2,15,16,17). The fraction of sp³-hybridized carbons (Fsp3) is 0.538. The van der Waals surface area contributed by atoms with E-state index in [1.165, 1.54) is 0 Å². The van der Waals surface area contributed by atoms with Crippen LogP contribution >= 0.6 is 11.6 Å². The summed E-state index contributed by atoms with van der Waals surface area (Å²) in [5.74, 6) is 0.804. The van der Waals surface area contributed by atoms with Crippen LogP contribution in [0.15, 0.2) is 23.3 Å². The first kappa shape index (κ1) is 15.7. The first-order valence-corrected chi connectivity index (χ1v) is 6.68. The zero-order chi connectivity index (χ0) is 13.9. The van der Waals surface area contributed by atoms with E-state index in [0.717, 1.165) is 44.1 Å². The molecule has 6 heteroatoms. The zero-order valence-corrected chi connectivity index (χ0v) is 12.2. The molecule has 0 spiro atoms. The van der Waals surface area contributed by atoms with Gasteiger partial charge in [0.1, 0.15) is 5.15 Å². The van der Waals surface area contributed by atoms with Crippen LogP contribution in [-0.4, -0.2) is 44.8 Å². The quantitative estimate of drug-likeness (QED) is 0.345. The third kappa shape index (κ3) is 6.98. The fourth-order valence-corrected chi connectivity index (χ4v) is 1.64. The summed E-state index contributed by atoms with van der Waals surface area (Å²) in [6.45, 7) is 2.39. The van der Waals surface area contributed by atoms with E-state index in [1.54, 1.807) is 26.4 Å². The molecule has 0 saturated heterocycles. The summed E-state index contributed by atoms with van der Waals surface area (Å²) in [4.78, 5) is 8.19. The number of ether oxygens (including phenoxy) is 1. The molecule has 0 radical (unpaired) electrons. The smallest absolute Gasteiger partial charge is 0.190 e. The van der Waals surface area contributed by atoms with Crippen LogP contribution in [0.5, 0.6) is 0 Å². The minimum absolute atomic E-state index is 0.521. The van der Waals surface area contributed by atoms with Crippen LogP contribution in [0.1, 0.15) is 12.0 Å². The predicted molar refractivity (Wildman–Crippen MR) is 78.8 cm³/mol.